The molecule has 0 bridgehead atoms. The third-order valence-electron chi connectivity index (χ3n) is 2.44. The van der Waals surface area contributed by atoms with E-state index in [0.29, 0.717) is 6.07 Å². The standard InChI is InChI=1S/C13H9F3N2O/c14-8-3-1-7(2-4-8)13(19)18-12-6-11(17)9(15)5-10(12)16/h1-6H,17H2,(H,18,19). The van der Waals surface area contributed by atoms with Gasteiger partial charge in [0.05, 0.1) is 11.4 Å². The predicted octanol–water partition coefficient (Wildman–Crippen LogP) is 2.94. The van der Waals surface area contributed by atoms with Crippen LogP contribution >= 0.6 is 0 Å². The van der Waals surface area contributed by atoms with Gasteiger partial charge in [0.15, 0.2) is 0 Å². The van der Waals surface area contributed by atoms with Crippen LogP contribution < -0.4 is 11.1 Å². The second-order valence-electron chi connectivity index (χ2n) is 3.81. The van der Waals surface area contributed by atoms with Crippen molar-refractivity contribution >= 4 is 17.3 Å². The average molecular weight is 266 g/mol. The number of anilines is 2. The minimum atomic E-state index is -0.942. The fourth-order valence-corrected chi connectivity index (χ4v) is 1.46. The van der Waals surface area contributed by atoms with Crippen LogP contribution in [0.4, 0.5) is 24.5 Å². The molecule has 0 unspecified atom stereocenters. The first-order chi connectivity index (χ1) is 8.97. The Morgan fingerprint density at radius 1 is 1.00 bits per heavy atom. The maximum Gasteiger partial charge on any atom is 0.255 e. The summed E-state index contributed by atoms with van der Waals surface area (Å²) in [5, 5.41) is 2.23. The third kappa shape index (κ3) is 2.85. The van der Waals surface area contributed by atoms with E-state index in [9.17, 15) is 18.0 Å². The van der Waals surface area contributed by atoms with Crippen LogP contribution in [0.5, 0.6) is 0 Å². The molecule has 0 aliphatic carbocycles. The van der Waals surface area contributed by atoms with E-state index in [0.717, 1.165) is 18.2 Å². The van der Waals surface area contributed by atoms with E-state index in [-0.39, 0.29) is 16.9 Å². The lowest BCUT2D eigenvalue weighted by molar-refractivity contribution is 0.102. The monoisotopic (exact) mass is 266 g/mol. The van der Waals surface area contributed by atoms with Gasteiger partial charge in [0.2, 0.25) is 0 Å². The van der Waals surface area contributed by atoms with Crippen molar-refractivity contribution in [1.82, 2.24) is 0 Å². The van der Waals surface area contributed by atoms with Gasteiger partial charge in [0.1, 0.15) is 17.5 Å². The van der Waals surface area contributed by atoms with Crippen LogP contribution in [0.3, 0.4) is 0 Å². The van der Waals surface area contributed by atoms with Gasteiger partial charge in [-0.2, -0.15) is 0 Å². The molecule has 0 saturated heterocycles. The molecule has 0 fully saturated rings. The van der Waals surface area contributed by atoms with Crippen LogP contribution in [0.15, 0.2) is 36.4 Å². The topological polar surface area (TPSA) is 55.1 Å². The quantitative estimate of drug-likeness (QED) is 0.821. The number of benzene rings is 2. The molecule has 2 rings (SSSR count). The molecule has 0 radical (unpaired) electrons. The molecule has 2 aromatic rings. The van der Waals surface area contributed by atoms with Crippen molar-refractivity contribution in [3.63, 3.8) is 0 Å². The molecule has 19 heavy (non-hydrogen) atoms. The van der Waals surface area contributed by atoms with Gasteiger partial charge in [-0.25, -0.2) is 13.2 Å². The van der Waals surface area contributed by atoms with E-state index in [1.165, 1.54) is 12.1 Å². The summed E-state index contributed by atoms with van der Waals surface area (Å²) in [5.41, 5.74) is 4.90. The molecular formula is C13H9F3N2O. The summed E-state index contributed by atoms with van der Waals surface area (Å²) in [6.45, 7) is 0. The molecule has 0 aliphatic heterocycles. The Morgan fingerprint density at radius 2 is 1.63 bits per heavy atom. The van der Waals surface area contributed by atoms with E-state index < -0.39 is 23.4 Å². The number of amides is 1. The summed E-state index contributed by atoms with van der Waals surface area (Å²) in [6, 6.07) is 6.25. The van der Waals surface area contributed by atoms with Crippen molar-refractivity contribution in [2.45, 2.75) is 0 Å². The highest BCUT2D eigenvalue weighted by atomic mass is 19.1. The zero-order valence-corrected chi connectivity index (χ0v) is 9.58. The first-order valence-corrected chi connectivity index (χ1v) is 5.29. The van der Waals surface area contributed by atoms with E-state index in [1.807, 2.05) is 0 Å². The molecule has 0 heterocycles. The summed E-state index contributed by atoms with van der Waals surface area (Å²) < 4.78 is 39.0. The van der Waals surface area contributed by atoms with E-state index in [1.54, 1.807) is 0 Å². The zero-order chi connectivity index (χ0) is 14.0. The lowest BCUT2D eigenvalue weighted by atomic mass is 10.2. The smallest absolute Gasteiger partial charge is 0.255 e. The van der Waals surface area contributed by atoms with Gasteiger partial charge in [-0.3, -0.25) is 4.79 Å². The molecular weight excluding hydrogens is 257 g/mol. The fourth-order valence-electron chi connectivity index (χ4n) is 1.46. The Morgan fingerprint density at radius 3 is 2.26 bits per heavy atom. The molecule has 2 aromatic carbocycles. The van der Waals surface area contributed by atoms with Gasteiger partial charge in [0, 0.05) is 11.6 Å². The summed E-state index contributed by atoms with van der Waals surface area (Å²) in [5.74, 6) is -2.99. The number of nitrogens with two attached hydrogens (primary N) is 1. The highest BCUT2D eigenvalue weighted by Gasteiger charge is 2.12. The number of carbonyl (C=O) groups is 1. The second kappa shape index (κ2) is 5.01. The molecule has 1 amide bonds. The highest BCUT2D eigenvalue weighted by Crippen LogP contribution is 2.21. The largest absolute Gasteiger partial charge is 0.396 e. The maximum absolute atomic E-state index is 13.4. The van der Waals surface area contributed by atoms with Crippen molar-refractivity contribution in [1.29, 1.82) is 0 Å². The molecule has 3 nitrogen and oxygen atoms in total. The number of hydrogen-bond acceptors (Lipinski definition) is 2. The predicted molar refractivity (Wildman–Crippen MR) is 65.1 cm³/mol. The lowest BCUT2D eigenvalue weighted by Gasteiger charge is -2.08. The number of carbonyl (C=O) groups excluding carboxylic acids is 1. The third-order valence-corrected chi connectivity index (χ3v) is 2.44. The van der Waals surface area contributed by atoms with Crippen LogP contribution in [0.25, 0.3) is 0 Å². The molecule has 0 atom stereocenters. The molecule has 0 aromatic heterocycles. The normalized spacial score (nSPS) is 10.3. The molecule has 98 valence electrons. The van der Waals surface area contributed by atoms with Crippen molar-refractivity contribution in [2.24, 2.45) is 0 Å². The molecule has 3 N–H and O–H groups in total. The van der Waals surface area contributed by atoms with Gasteiger partial charge >= 0.3 is 0 Å². The minimum absolute atomic E-state index is 0.142. The molecule has 0 spiro atoms. The maximum atomic E-state index is 13.4. The van der Waals surface area contributed by atoms with E-state index >= 15 is 0 Å². The Kier molecular flexibility index (Phi) is 3.41. The van der Waals surface area contributed by atoms with E-state index in [2.05, 4.69) is 5.32 Å². The van der Waals surface area contributed by atoms with Crippen LogP contribution in [0, 0.1) is 17.5 Å². The van der Waals surface area contributed by atoms with Gasteiger partial charge < -0.3 is 11.1 Å². The van der Waals surface area contributed by atoms with Crippen LogP contribution in [-0.4, -0.2) is 5.91 Å². The Balaban J connectivity index is 2.24. The van der Waals surface area contributed by atoms with Crippen molar-refractivity contribution in [3.8, 4) is 0 Å². The summed E-state index contributed by atoms with van der Waals surface area (Å²) >= 11 is 0. The lowest BCUT2D eigenvalue weighted by Crippen LogP contribution is -2.13. The van der Waals surface area contributed by atoms with Crippen molar-refractivity contribution < 1.29 is 18.0 Å². The number of halogens is 3. The highest BCUT2D eigenvalue weighted by molar-refractivity contribution is 6.04. The van der Waals surface area contributed by atoms with Crippen LogP contribution in [0.2, 0.25) is 0 Å². The molecule has 6 heteroatoms. The van der Waals surface area contributed by atoms with E-state index in [4.69, 9.17) is 5.73 Å². The van der Waals surface area contributed by atoms with Crippen LogP contribution in [-0.2, 0) is 0 Å². The Hall–Kier alpha value is -2.50. The SMILES string of the molecule is Nc1cc(NC(=O)c2ccc(F)cc2)c(F)cc1F. The van der Waals surface area contributed by atoms with Crippen molar-refractivity contribution in [2.75, 3.05) is 11.1 Å². The van der Waals surface area contributed by atoms with Gasteiger partial charge in [0.25, 0.3) is 5.91 Å². The summed E-state index contributed by atoms with van der Waals surface area (Å²) in [6.07, 6.45) is 0. The minimum Gasteiger partial charge on any atom is -0.396 e. The molecule has 0 aliphatic rings. The van der Waals surface area contributed by atoms with Gasteiger partial charge in [-0.15, -0.1) is 0 Å². The summed E-state index contributed by atoms with van der Waals surface area (Å²) in [4.78, 5) is 11.7. The zero-order valence-electron chi connectivity index (χ0n) is 9.58. The Labute approximate surface area is 106 Å². The number of rotatable bonds is 2. The first-order valence-electron chi connectivity index (χ1n) is 5.29. The average Bonchev–Trinajstić information content (AvgIpc) is 2.36. The summed E-state index contributed by atoms with van der Waals surface area (Å²) in [7, 11) is 0. The fraction of sp³-hybridized carbons (Fsp3) is 0. The molecule has 0 saturated carbocycles. The second-order valence-corrected chi connectivity index (χ2v) is 3.81. The Bertz CT molecular complexity index is 627. The van der Waals surface area contributed by atoms with Crippen molar-refractivity contribution in [3.05, 3.63) is 59.4 Å². The van der Waals surface area contributed by atoms with Gasteiger partial charge in [-0.05, 0) is 30.3 Å². The number of nitrogen functional groups attached to an aromatic ring is 1. The number of nitrogens with one attached hydrogen (secondary N) is 1. The van der Waals surface area contributed by atoms with Crippen LogP contribution in [0.1, 0.15) is 10.4 Å². The van der Waals surface area contributed by atoms with Gasteiger partial charge in [-0.1, -0.05) is 0 Å². The number of hydrogen-bond donors (Lipinski definition) is 2. The first kappa shape index (κ1) is 12.9.